The summed E-state index contributed by atoms with van der Waals surface area (Å²) in [5.41, 5.74) is 0. The molecule has 0 amide bonds. The molecule has 1 aliphatic heterocycles. The van der Waals surface area contributed by atoms with E-state index >= 15 is 0 Å². The zero-order chi connectivity index (χ0) is 15.1. The van der Waals surface area contributed by atoms with Crippen LogP contribution in [0.2, 0.25) is 0 Å². The summed E-state index contributed by atoms with van der Waals surface area (Å²) in [7, 11) is -1.76. The first-order valence-electron chi connectivity index (χ1n) is 7.11. The lowest BCUT2D eigenvalue weighted by atomic mass is 9.99. The lowest BCUT2D eigenvalue weighted by Crippen LogP contribution is -2.39. The van der Waals surface area contributed by atoms with Crippen molar-refractivity contribution in [2.24, 2.45) is 5.92 Å². The number of rotatable bonds is 7. The van der Waals surface area contributed by atoms with Crippen molar-refractivity contribution >= 4 is 10.0 Å². The highest BCUT2D eigenvalue weighted by Crippen LogP contribution is 2.23. The number of pyridine rings is 1. The highest BCUT2D eigenvalue weighted by molar-refractivity contribution is 7.89. The van der Waals surface area contributed by atoms with Crippen LogP contribution in [0, 0.1) is 5.92 Å². The van der Waals surface area contributed by atoms with Gasteiger partial charge in [0.15, 0.2) is 0 Å². The molecule has 2 rings (SSSR count). The van der Waals surface area contributed by atoms with Gasteiger partial charge in [-0.15, -0.1) is 0 Å². The Labute approximate surface area is 126 Å². The molecule has 1 aromatic heterocycles. The number of hydrogen-bond donors (Lipinski definition) is 0. The van der Waals surface area contributed by atoms with Crippen molar-refractivity contribution in [2.45, 2.75) is 17.7 Å². The smallest absolute Gasteiger partial charge is 0.244 e. The van der Waals surface area contributed by atoms with Gasteiger partial charge in [0.05, 0.1) is 13.2 Å². The van der Waals surface area contributed by atoms with Gasteiger partial charge in [-0.25, -0.2) is 8.42 Å². The van der Waals surface area contributed by atoms with Gasteiger partial charge in [-0.2, -0.15) is 4.31 Å². The van der Waals surface area contributed by atoms with Crippen LogP contribution in [0.1, 0.15) is 12.8 Å². The number of aromatic nitrogens is 1. The second-order valence-corrected chi connectivity index (χ2v) is 7.04. The van der Waals surface area contributed by atoms with Crippen LogP contribution in [0.3, 0.4) is 0 Å². The summed E-state index contributed by atoms with van der Waals surface area (Å²) in [6.45, 7) is 2.92. The van der Waals surface area contributed by atoms with Crippen LogP contribution in [-0.2, 0) is 19.5 Å². The van der Waals surface area contributed by atoms with Gasteiger partial charge >= 0.3 is 0 Å². The Morgan fingerprint density at radius 3 is 2.71 bits per heavy atom. The molecule has 0 aromatic carbocycles. The van der Waals surface area contributed by atoms with E-state index in [0.717, 1.165) is 12.8 Å². The molecule has 0 atom stereocenters. The van der Waals surface area contributed by atoms with Gasteiger partial charge in [-0.3, -0.25) is 4.98 Å². The topological polar surface area (TPSA) is 68.7 Å². The van der Waals surface area contributed by atoms with E-state index in [4.69, 9.17) is 9.47 Å². The van der Waals surface area contributed by atoms with E-state index < -0.39 is 10.0 Å². The Balaban J connectivity index is 1.83. The predicted octanol–water partition coefficient (Wildman–Crippen LogP) is 1.15. The molecule has 0 N–H and O–H groups in total. The van der Waals surface area contributed by atoms with Crippen LogP contribution in [0.5, 0.6) is 0 Å². The van der Waals surface area contributed by atoms with Crippen molar-refractivity contribution < 1.29 is 17.9 Å². The number of ether oxygens (including phenoxy) is 2. The van der Waals surface area contributed by atoms with Gasteiger partial charge < -0.3 is 9.47 Å². The normalized spacial score (nSPS) is 18.0. The van der Waals surface area contributed by atoms with Crippen LogP contribution < -0.4 is 0 Å². The SMILES string of the molecule is COCCOCC1CCN(S(=O)(=O)c2cccnc2)CC1. The first kappa shape index (κ1) is 16.4. The van der Waals surface area contributed by atoms with Crippen molar-refractivity contribution in [3.63, 3.8) is 0 Å². The summed E-state index contributed by atoms with van der Waals surface area (Å²) in [6.07, 6.45) is 4.62. The van der Waals surface area contributed by atoms with Crippen LogP contribution in [-0.4, -0.2) is 57.7 Å². The molecule has 1 saturated heterocycles. The zero-order valence-corrected chi connectivity index (χ0v) is 13.1. The number of piperidine rings is 1. The minimum atomic E-state index is -3.40. The summed E-state index contributed by atoms with van der Waals surface area (Å²) in [5, 5.41) is 0. The van der Waals surface area contributed by atoms with Crippen LogP contribution in [0.4, 0.5) is 0 Å². The van der Waals surface area contributed by atoms with Crippen molar-refractivity contribution in [2.75, 3.05) is 40.0 Å². The average Bonchev–Trinajstić information content (AvgIpc) is 2.53. The number of methoxy groups -OCH3 is 1. The minimum absolute atomic E-state index is 0.264. The Morgan fingerprint density at radius 1 is 1.33 bits per heavy atom. The standard InChI is InChI=1S/C14H22N2O4S/c1-19-9-10-20-12-13-4-7-16(8-5-13)21(17,18)14-3-2-6-15-11-14/h2-3,6,11,13H,4-5,7-10,12H2,1H3. The van der Waals surface area contributed by atoms with Gasteiger partial charge in [0.2, 0.25) is 10.0 Å². The quantitative estimate of drug-likeness (QED) is 0.706. The molecule has 0 unspecified atom stereocenters. The van der Waals surface area contributed by atoms with Crippen molar-refractivity contribution in [1.29, 1.82) is 0 Å². The average molecular weight is 314 g/mol. The van der Waals surface area contributed by atoms with Crippen molar-refractivity contribution in [3.05, 3.63) is 24.5 Å². The van der Waals surface area contributed by atoms with Crippen LogP contribution in [0.15, 0.2) is 29.4 Å². The van der Waals surface area contributed by atoms with Crippen molar-refractivity contribution in [1.82, 2.24) is 9.29 Å². The molecule has 1 fully saturated rings. The molecule has 118 valence electrons. The molecule has 0 spiro atoms. The minimum Gasteiger partial charge on any atom is -0.382 e. The highest BCUT2D eigenvalue weighted by Gasteiger charge is 2.29. The second kappa shape index (κ2) is 7.84. The Hall–Kier alpha value is -1.02. The first-order valence-corrected chi connectivity index (χ1v) is 8.55. The summed E-state index contributed by atoms with van der Waals surface area (Å²) < 4.78 is 36.8. The van der Waals surface area contributed by atoms with E-state index in [1.807, 2.05) is 0 Å². The number of nitrogens with zero attached hydrogens (tertiary/aromatic N) is 2. The summed E-state index contributed by atoms with van der Waals surface area (Å²) in [6, 6.07) is 3.23. The molecule has 0 radical (unpaired) electrons. The Morgan fingerprint density at radius 2 is 2.10 bits per heavy atom. The molecular formula is C14H22N2O4S. The Kier molecular flexibility index (Phi) is 6.10. The second-order valence-electron chi connectivity index (χ2n) is 5.10. The van der Waals surface area contributed by atoms with E-state index in [0.29, 0.717) is 38.8 Å². The van der Waals surface area contributed by atoms with Crippen LogP contribution >= 0.6 is 0 Å². The largest absolute Gasteiger partial charge is 0.382 e. The molecule has 1 aliphatic rings. The lowest BCUT2D eigenvalue weighted by molar-refractivity contribution is 0.0410. The first-order chi connectivity index (χ1) is 10.1. The molecular weight excluding hydrogens is 292 g/mol. The maximum absolute atomic E-state index is 12.4. The zero-order valence-electron chi connectivity index (χ0n) is 12.3. The third-order valence-corrected chi connectivity index (χ3v) is 5.51. The lowest BCUT2D eigenvalue weighted by Gasteiger charge is -2.30. The fraction of sp³-hybridized carbons (Fsp3) is 0.643. The maximum Gasteiger partial charge on any atom is 0.244 e. The third kappa shape index (κ3) is 4.47. The fourth-order valence-corrected chi connectivity index (χ4v) is 3.79. The molecule has 1 aromatic rings. The number of hydrogen-bond acceptors (Lipinski definition) is 5. The number of sulfonamides is 1. The van der Waals surface area contributed by atoms with E-state index in [1.54, 1.807) is 25.4 Å². The van der Waals surface area contributed by atoms with Gasteiger partial charge in [-0.1, -0.05) is 0 Å². The fourth-order valence-electron chi connectivity index (χ4n) is 2.36. The molecule has 7 heteroatoms. The molecule has 2 heterocycles. The molecule has 0 saturated carbocycles. The Bertz CT molecular complexity index is 513. The van der Waals surface area contributed by atoms with E-state index in [-0.39, 0.29) is 4.90 Å². The van der Waals surface area contributed by atoms with E-state index in [2.05, 4.69) is 4.98 Å². The molecule has 6 nitrogen and oxygen atoms in total. The van der Waals surface area contributed by atoms with Gasteiger partial charge in [0, 0.05) is 39.2 Å². The van der Waals surface area contributed by atoms with E-state index in [9.17, 15) is 8.42 Å². The summed E-state index contributed by atoms with van der Waals surface area (Å²) in [4.78, 5) is 4.14. The molecule has 0 bridgehead atoms. The van der Waals surface area contributed by atoms with Gasteiger partial charge in [0.1, 0.15) is 4.90 Å². The van der Waals surface area contributed by atoms with E-state index in [1.165, 1.54) is 10.5 Å². The molecule has 0 aliphatic carbocycles. The van der Waals surface area contributed by atoms with Crippen LogP contribution in [0.25, 0.3) is 0 Å². The van der Waals surface area contributed by atoms with Crippen molar-refractivity contribution in [3.8, 4) is 0 Å². The monoisotopic (exact) mass is 314 g/mol. The van der Waals surface area contributed by atoms with Gasteiger partial charge in [0.25, 0.3) is 0 Å². The highest BCUT2D eigenvalue weighted by atomic mass is 32.2. The summed E-state index contributed by atoms with van der Waals surface area (Å²) >= 11 is 0. The van der Waals surface area contributed by atoms with Gasteiger partial charge in [-0.05, 0) is 30.9 Å². The maximum atomic E-state index is 12.4. The molecule has 21 heavy (non-hydrogen) atoms. The predicted molar refractivity (Wildman–Crippen MR) is 78.4 cm³/mol. The third-order valence-electron chi connectivity index (χ3n) is 3.63. The summed E-state index contributed by atoms with van der Waals surface area (Å²) in [5.74, 6) is 0.419.